The molecule has 0 saturated heterocycles. The van der Waals surface area contributed by atoms with E-state index >= 15 is 0 Å². The van der Waals surface area contributed by atoms with E-state index in [1.807, 2.05) is 13.8 Å². The molecule has 0 spiro atoms. The molecule has 1 atom stereocenters. The number of likely N-dealkylation sites (N-methyl/N-ethyl adjacent to an activating group) is 1. The van der Waals surface area contributed by atoms with Crippen molar-refractivity contribution < 1.29 is 13.2 Å². The third-order valence-corrected chi connectivity index (χ3v) is 3.22. The Balaban J connectivity index is 4.23. The lowest BCUT2D eigenvalue weighted by atomic mass is 10.2. The Labute approximate surface area is 91.5 Å². The summed E-state index contributed by atoms with van der Waals surface area (Å²) in [5, 5.41) is 0. The third kappa shape index (κ3) is 5.74. The molecule has 0 fully saturated rings. The number of rotatable bonds is 5. The Kier molecular flexibility index (Phi) is 5.23. The maximum absolute atomic E-state index is 11.6. The summed E-state index contributed by atoms with van der Waals surface area (Å²) in [7, 11) is -1.39. The van der Waals surface area contributed by atoms with Gasteiger partial charge in [0.1, 0.15) is 9.84 Å². The summed E-state index contributed by atoms with van der Waals surface area (Å²) in [6.45, 7) is 3.75. The van der Waals surface area contributed by atoms with Gasteiger partial charge in [0.2, 0.25) is 5.91 Å². The van der Waals surface area contributed by atoms with Gasteiger partial charge in [-0.25, -0.2) is 8.42 Å². The minimum Gasteiger partial charge on any atom is -0.342 e. The Morgan fingerprint density at radius 1 is 1.40 bits per heavy atom. The first-order chi connectivity index (χ1) is 6.65. The number of amides is 1. The first-order valence-electron chi connectivity index (χ1n) is 4.85. The molecule has 0 aromatic heterocycles. The molecule has 0 rings (SSSR count). The van der Waals surface area contributed by atoms with E-state index in [9.17, 15) is 13.2 Å². The predicted molar refractivity (Wildman–Crippen MR) is 60.2 cm³/mol. The van der Waals surface area contributed by atoms with Crippen molar-refractivity contribution in [2.24, 2.45) is 5.73 Å². The highest BCUT2D eigenvalue weighted by atomic mass is 32.2. The lowest BCUT2D eigenvalue weighted by Crippen LogP contribution is -2.45. The molecule has 0 radical (unpaired) electrons. The second kappa shape index (κ2) is 5.46. The van der Waals surface area contributed by atoms with E-state index in [1.54, 1.807) is 7.05 Å². The molecule has 1 amide bonds. The average molecular weight is 236 g/mol. The fraction of sp³-hybridized carbons (Fsp3) is 0.889. The van der Waals surface area contributed by atoms with Crippen LogP contribution in [0.15, 0.2) is 0 Å². The van der Waals surface area contributed by atoms with E-state index in [0.717, 1.165) is 6.26 Å². The van der Waals surface area contributed by atoms with Gasteiger partial charge in [-0.15, -0.1) is 0 Å². The van der Waals surface area contributed by atoms with Crippen LogP contribution in [-0.4, -0.2) is 50.4 Å². The van der Waals surface area contributed by atoms with Crippen LogP contribution >= 0.6 is 0 Å². The largest absolute Gasteiger partial charge is 0.342 e. The molecule has 1 unspecified atom stereocenters. The molecule has 0 saturated carbocycles. The number of carbonyl (C=O) groups excluding carboxylic acids is 1. The molecule has 0 aromatic carbocycles. The van der Waals surface area contributed by atoms with Crippen molar-refractivity contribution in [2.45, 2.75) is 32.4 Å². The maximum atomic E-state index is 11.6. The Bertz CT molecular complexity index is 311. The molecule has 0 aliphatic carbocycles. The standard InChI is InChI=1S/C9H20N2O3S/c1-7(2)11(3)9(12)8(10)5-6-15(4,13)14/h7-8H,5-6,10H2,1-4H3. The number of hydrogen-bond acceptors (Lipinski definition) is 4. The van der Waals surface area contributed by atoms with Crippen LogP contribution in [-0.2, 0) is 14.6 Å². The van der Waals surface area contributed by atoms with E-state index in [4.69, 9.17) is 5.73 Å². The van der Waals surface area contributed by atoms with Gasteiger partial charge in [0, 0.05) is 19.3 Å². The zero-order valence-electron chi connectivity index (χ0n) is 9.73. The van der Waals surface area contributed by atoms with Gasteiger partial charge in [-0.2, -0.15) is 0 Å². The molecular weight excluding hydrogens is 216 g/mol. The Morgan fingerprint density at radius 2 is 1.87 bits per heavy atom. The topological polar surface area (TPSA) is 80.5 Å². The first kappa shape index (κ1) is 14.4. The van der Waals surface area contributed by atoms with E-state index in [2.05, 4.69) is 0 Å². The van der Waals surface area contributed by atoms with Gasteiger partial charge in [0.15, 0.2) is 0 Å². The minimum atomic E-state index is -3.05. The molecule has 5 nitrogen and oxygen atoms in total. The molecule has 15 heavy (non-hydrogen) atoms. The second-order valence-corrected chi connectivity index (χ2v) is 6.33. The van der Waals surface area contributed by atoms with Crippen LogP contribution in [0.2, 0.25) is 0 Å². The summed E-state index contributed by atoms with van der Waals surface area (Å²) in [5.41, 5.74) is 5.61. The van der Waals surface area contributed by atoms with Crippen LogP contribution in [0.3, 0.4) is 0 Å². The van der Waals surface area contributed by atoms with Gasteiger partial charge in [-0.3, -0.25) is 4.79 Å². The van der Waals surface area contributed by atoms with Crippen molar-refractivity contribution in [2.75, 3.05) is 19.1 Å². The fourth-order valence-corrected chi connectivity index (χ4v) is 1.66. The molecular formula is C9H20N2O3S. The molecule has 0 aliphatic heterocycles. The zero-order chi connectivity index (χ0) is 12.2. The van der Waals surface area contributed by atoms with Gasteiger partial charge >= 0.3 is 0 Å². The number of sulfone groups is 1. The van der Waals surface area contributed by atoms with Crippen LogP contribution in [0, 0.1) is 0 Å². The Morgan fingerprint density at radius 3 is 2.20 bits per heavy atom. The minimum absolute atomic E-state index is 0.0498. The van der Waals surface area contributed by atoms with Crippen LogP contribution < -0.4 is 5.73 Å². The molecule has 90 valence electrons. The zero-order valence-corrected chi connectivity index (χ0v) is 10.5. The smallest absolute Gasteiger partial charge is 0.239 e. The number of hydrogen-bond donors (Lipinski definition) is 1. The SMILES string of the molecule is CC(C)N(C)C(=O)C(N)CCS(C)(=O)=O. The highest BCUT2D eigenvalue weighted by molar-refractivity contribution is 7.90. The number of nitrogens with two attached hydrogens (primary N) is 1. The van der Waals surface area contributed by atoms with Crippen molar-refractivity contribution in [1.82, 2.24) is 4.90 Å². The quantitative estimate of drug-likeness (QED) is 0.705. The van der Waals surface area contributed by atoms with Crippen molar-refractivity contribution in [3.8, 4) is 0 Å². The highest BCUT2D eigenvalue weighted by Crippen LogP contribution is 2.01. The van der Waals surface area contributed by atoms with E-state index in [0.29, 0.717) is 0 Å². The number of carbonyl (C=O) groups is 1. The predicted octanol–water partition coefficient (Wildman–Crippen LogP) is -0.385. The van der Waals surface area contributed by atoms with Crippen molar-refractivity contribution in [3.05, 3.63) is 0 Å². The molecule has 0 aliphatic rings. The summed E-state index contributed by atoms with van der Waals surface area (Å²) in [5.74, 6) is -0.264. The molecule has 6 heteroatoms. The third-order valence-electron chi connectivity index (χ3n) is 2.24. The monoisotopic (exact) mass is 236 g/mol. The normalized spacial score (nSPS) is 14.0. The van der Waals surface area contributed by atoms with Gasteiger partial charge in [-0.05, 0) is 20.3 Å². The average Bonchev–Trinajstić information content (AvgIpc) is 2.10. The van der Waals surface area contributed by atoms with Crippen molar-refractivity contribution in [1.29, 1.82) is 0 Å². The summed E-state index contributed by atoms with van der Waals surface area (Å²) >= 11 is 0. The van der Waals surface area contributed by atoms with E-state index < -0.39 is 15.9 Å². The second-order valence-electron chi connectivity index (χ2n) is 4.07. The highest BCUT2D eigenvalue weighted by Gasteiger charge is 2.20. The molecule has 0 aromatic rings. The van der Waals surface area contributed by atoms with Crippen LogP contribution in [0.4, 0.5) is 0 Å². The van der Waals surface area contributed by atoms with E-state index in [-0.39, 0.29) is 24.1 Å². The van der Waals surface area contributed by atoms with Crippen molar-refractivity contribution in [3.63, 3.8) is 0 Å². The first-order valence-corrected chi connectivity index (χ1v) is 6.91. The van der Waals surface area contributed by atoms with E-state index in [1.165, 1.54) is 4.90 Å². The summed E-state index contributed by atoms with van der Waals surface area (Å²) < 4.78 is 21.8. The molecule has 2 N–H and O–H groups in total. The van der Waals surface area contributed by atoms with Gasteiger partial charge in [-0.1, -0.05) is 0 Å². The van der Waals surface area contributed by atoms with Crippen LogP contribution in [0.5, 0.6) is 0 Å². The molecule has 0 bridgehead atoms. The van der Waals surface area contributed by atoms with Gasteiger partial charge in [0.25, 0.3) is 0 Å². The molecule has 0 heterocycles. The summed E-state index contributed by atoms with van der Waals surface area (Å²) in [4.78, 5) is 13.1. The number of nitrogens with zero attached hydrogens (tertiary/aromatic N) is 1. The lowest BCUT2D eigenvalue weighted by molar-refractivity contribution is -0.132. The van der Waals surface area contributed by atoms with Crippen molar-refractivity contribution >= 4 is 15.7 Å². The van der Waals surface area contributed by atoms with Gasteiger partial charge < -0.3 is 10.6 Å². The lowest BCUT2D eigenvalue weighted by Gasteiger charge is -2.24. The maximum Gasteiger partial charge on any atom is 0.239 e. The summed E-state index contributed by atoms with van der Waals surface area (Å²) in [6.07, 6.45) is 1.31. The Hall–Kier alpha value is -0.620. The fourth-order valence-electron chi connectivity index (χ4n) is 0.981. The summed E-state index contributed by atoms with van der Waals surface area (Å²) in [6, 6.07) is -0.658. The van der Waals surface area contributed by atoms with Crippen LogP contribution in [0.25, 0.3) is 0 Å². The van der Waals surface area contributed by atoms with Crippen LogP contribution in [0.1, 0.15) is 20.3 Å². The van der Waals surface area contributed by atoms with Gasteiger partial charge in [0.05, 0.1) is 11.8 Å².